The molecule has 5 heteroatoms. The predicted octanol–water partition coefficient (Wildman–Crippen LogP) is 3.58. The maximum absolute atomic E-state index is 5.41. The maximum Gasteiger partial charge on any atom is 0.135 e. The smallest absolute Gasteiger partial charge is 0.135 e. The molecule has 0 radical (unpaired) electrons. The van der Waals surface area contributed by atoms with Gasteiger partial charge in [0.25, 0.3) is 0 Å². The molecule has 0 amide bonds. The molecule has 1 heterocycles. The fourth-order valence-electron chi connectivity index (χ4n) is 4.39. The van der Waals surface area contributed by atoms with Gasteiger partial charge in [0, 0.05) is 19.5 Å². The zero-order valence-electron chi connectivity index (χ0n) is 16.8. The Hall–Kier alpha value is -2.89. The second kappa shape index (κ2) is 9.07. The lowest BCUT2D eigenvalue weighted by molar-refractivity contribution is 0.255. The minimum Gasteiger partial charge on any atom is -0.322 e. The topological polar surface area (TPSA) is 79.7 Å². The van der Waals surface area contributed by atoms with E-state index in [9.17, 15) is 0 Å². The van der Waals surface area contributed by atoms with Crippen molar-refractivity contribution in [2.75, 3.05) is 19.6 Å². The molecular weight excluding hydrogens is 358 g/mol. The summed E-state index contributed by atoms with van der Waals surface area (Å²) < 4.78 is 0. The summed E-state index contributed by atoms with van der Waals surface area (Å²) in [6, 6.07) is 17.5. The molecular formula is C24H29N5. The van der Waals surface area contributed by atoms with Crippen LogP contribution in [-0.2, 0) is 0 Å². The Morgan fingerprint density at radius 1 is 0.931 bits per heavy atom. The third-order valence-corrected chi connectivity index (χ3v) is 5.93. The Labute approximate surface area is 172 Å². The third-order valence-electron chi connectivity index (χ3n) is 5.93. The van der Waals surface area contributed by atoms with Crippen LogP contribution in [0.2, 0.25) is 0 Å². The van der Waals surface area contributed by atoms with Crippen LogP contribution in [0.1, 0.15) is 47.9 Å². The quantitative estimate of drug-likeness (QED) is 0.277. The van der Waals surface area contributed by atoms with Crippen molar-refractivity contribution in [3.63, 3.8) is 0 Å². The molecule has 5 nitrogen and oxygen atoms in total. The molecule has 1 fully saturated rings. The standard InChI is InChI=1S/C24H29N5/c25-27-23(28-26)10-5-15-29-16-13-20(14-17-29)24-21-8-3-1-6-18(21)11-12-19-7-2-4-9-22(19)24/h1-4,6-9,11-12H,5,10,13-17,25-26H2,(H,27,28). The lowest BCUT2D eigenvalue weighted by atomic mass is 9.86. The molecule has 1 saturated heterocycles. The van der Waals surface area contributed by atoms with Crippen molar-refractivity contribution in [1.82, 2.24) is 10.3 Å². The first-order valence-corrected chi connectivity index (χ1v) is 10.3. The average molecular weight is 388 g/mol. The Balaban J connectivity index is 1.55. The molecule has 0 spiro atoms. The van der Waals surface area contributed by atoms with E-state index < -0.39 is 0 Å². The van der Waals surface area contributed by atoms with Crippen LogP contribution in [0.25, 0.3) is 17.7 Å². The van der Waals surface area contributed by atoms with Crippen molar-refractivity contribution in [2.24, 2.45) is 16.8 Å². The number of nitrogens with two attached hydrogens (primary N) is 2. The molecule has 150 valence electrons. The van der Waals surface area contributed by atoms with Gasteiger partial charge in [-0.3, -0.25) is 0 Å². The van der Waals surface area contributed by atoms with Crippen LogP contribution in [0.5, 0.6) is 0 Å². The predicted molar refractivity (Wildman–Crippen MR) is 122 cm³/mol. The van der Waals surface area contributed by atoms with E-state index in [0.717, 1.165) is 45.3 Å². The third kappa shape index (κ3) is 4.26. The monoisotopic (exact) mass is 387 g/mol. The molecule has 4 rings (SSSR count). The summed E-state index contributed by atoms with van der Waals surface area (Å²) in [7, 11) is 0. The zero-order chi connectivity index (χ0) is 20.1. The van der Waals surface area contributed by atoms with Crippen LogP contribution in [-0.4, -0.2) is 30.4 Å². The highest BCUT2D eigenvalue weighted by molar-refractivity contribution is 5.94. The minimum atomic E-state index is 0.656. The largest absolute Gasteiger partial charge is 0.322 e. The molecule has 1 aliphatic heterocycles. The normalized spacial score (nSPS) is 16.9. The van der Waals surface area contributed by atoms with Gasteiger partial charge < -0.3 is 16.2 Å². The summed E-state index contributed by atoms with van der Waals surface area (Å²) in [6.07, 6.45) is 8.49. The van der Waals surface area contributed by atoms with Gasteiger partial charge in [0.05, 0.1) is 0 Å². The molecule has 0 atom stereocenters. The summed E-state index contributed by atoms with van der Waals surface area (Å²) in [5.74, 6) is 11.4. The number of fused-ring (bicyclic) bond motifs is 2. The number of hydrogen-bond acceptors (Lipinski definition) is 4. The molecule has 29 heavy (non-hydrogen) atoms. The Kier molecular flexibility index (Phi) is 6.08. The number of hydrogen-bond donors (Lipinski definition) is 3. The Morgan fingerprint density at radius 3 is 2.07 bits per heavy atom. The molecule has 2 aliphatic rings. The summed E-state index contributed by atoms with van der Waals surface area (Å²) in [5.41, 5.74) is 10.9. The van der Waals surface area contributed by atoms with E-state index >= 15 is 0 Å². The van der Waals surface area contributed by atoms with Crippen LogP contribution in [0.15, 0.2) is 59.2 Å². The van der Waals surface area contributed by atoms with E-state index in [-0.39, 0.29) is 0 Å². The van der Waals surface area contributed by atoms with Gasteiger partial charge in [0.1, 0.15) is 5.84 Å². The van der Waals surface area contributed by atoms with Gasteiger partial charge in [0.15, 0.2) is 0 Å². The molecule has 0 saturated carbocycles. The van der Waals surface area contributed by atoms with E-state index in [2.05, 4.69) is 76.1 Å². The van der Waals surface area contributed by atoms with E-state index in [4.69, 9.17) is 11.7 Å². The summed E-state index contributed by atoms with van der Waals surface area (Å²) in [4.78, 5) is 2.53. The van der Waals surface area contributed by atoms with Crippen LogP contribution >= 0.6 is 0 Å². The highest BCUT2D eigenvalue weighted by Gasteiger charge is 2.22. The minimum absolute atomic E-state index is 0.656. The number of rotatable bonds is 4. The number of hydrazone groups is 1. The SMILES string of the molecule is N/N=C(/CCCN1CCC(=C2c3ccccc3C=Cc3ccccc32)CC1)NN. The Bertz CT molecular complexity index is 896. The molecule has 2 aromatic rings. The number of piperidine rings is 1. The Morgan fingerprint density at radius 2 is 1.52 bits per heavy atom. The lowest BCUT2D eigenvalue weighted by Crippen LogP contribution is -2.34. The van der Waals surface area contributed by atoms with Crippen molar-refractivity contribution in [3.05, 3.63) is 76.4 Å². The number of likely N-dealkylation sites (tertiary alicyclic amines) is 1. The molecule has 2 aromatic carbocycles. The summed E-state index contributed by atoms with van der Waals surface area (Å²) in [6.45, 7) is 3.21. The highest BCUT2D eigenvalue weighted by atomic mass is 15.3. The van der Waals surface area contributed by atoms with Crippen molar-refractivity contribution in [3.8, 4) is 0 Å². The number of nitrogens with one attached hydrogen (secondary N) is 1. The van der Waals surface area contributed by atoms with Crippen molar-refractivity contribution in [1.29, 1.82) is 0 Å². The lowest BCUT2D eigenvalue weighted by Gasteiger charge is -2.30. The number of nitrogens with zero attached hydrogens (tertiary/aromatic N) is 2. The average Bonchev–Trinajstić information content (AvgIpc) is 2.94. The van der Waals surface area contributed by atoms with Gasteiger partial charge >= 0.3 is 0 Å². The van der Waals surface area contributed by atoms with Gasteiger partial charge in [-0.05, 0) is 53.6 Å². The van der Waals surface area contributed by atoms with E-state index in [1.807, 2.05) is 0 Å². The first-order chi connectivity index (χ1) is 14.3. The first kappa shape index (κ1) is 19.4. The van der Waals surface area contributed by atoms with Gasteiger partial charge in [-0.25, -0.2) is 5.84 Å². The van der Waals surface area contributed by atoms with Gasteiger partial charge in [-0.15, -0.1) is 0 Å². The maximum atomic E-state index is 5.41. The number of amidine groups is 1. The first-order valence-electron chi connectivity index (χ1n) is 10.3. The van der Waals surface area contributed by atoms with Crippen LogP contribution in [0.3, 0.4) is 0 Å². The second-order valence-electron chi connectivity index (χ2n) is 7.65. The van der Waals surface area contributed by atoms with Crippen LogP contribution in [0.4, 0.5) is 0 Å². The van der Waals surface area contributed by atoms with Crippen molar-refractivity contribution in [2.45, 2.75) is 25.7 Å². The summed E-state index contributed by atoms with van der Waals surface area (Å²) >= 11 is 0. The zero-order valence-corrected chi connectivity index (χ0v) is 16.8. The van der Waals surface area contributed by atoms with Crippen molar-refractivity contribution >= 4 is 23.6 Å². The van der Waals surface area contributed by atoms with Crippen LogP contribution < -0.4 is 17.1 Å². The molecule has 1 aliphatic carbocycles. The molecule has 0 bridgehead atoms. The highest BCUT2D eigenvalue weighted by Crippen LogP contribution is 2.38. The fraction of sp³-hybridized carbons (Fsp3) is 0.292. The molecule has 5 N–H and O–H groups in total. The number of hydrazine groups is 1. The fourth-order valence-corrected chi connectivity index (χ4v) is 4.39. The van der Waals surface area contributed by atoms with Crippen LogP contribution in [0, 0.1) is 0 Å². The summed E-state index contributed by atoms with van der Waals surface area (Å²) in [5, 5.41) is 3.66. The van der Waals surface area contributed by atoms with Gasteiger partial charge in [0.2, 0.25) is 0 Å². The van der Waals surface area contributed by atoms with Gasteiger partial charge in [-0.1, -0.05) is 66.3 Å². The van der Waals surface area contributed by atoms with E-state index in [1.54, 1.807) is 5.57 Å². The second-order valence-corrected chi connectivity index (χ2v) is 7.65. The number of benzene rings is 2. The van der Waals surface area contributed by atoms with Crippen molar-refractivity contribution < 1.29 is 0 Å². The van der Waals surface area contributed by atoms with E-state index in [0.29, 0.717) is 5.84 Å². The van der Waals surface area contributed by atoms with E-state index in [1.165, 1.54) is 27.8 Å². The molecule has 0 unspecified atom stereocenters. The molecule has 0 aromatic heterocycles. The van der Waals surface area contributed by atoms with Gasteiger partial charge in [-0.2, -0.15) is 5.10 Å².